The number of carbonyl (C=O) groups is 1. The zero-order valence-electron chi connectivity index (χ0n) is 15.7. The summed E-state index contributed by atoms with van der Waals surface area (Å²) in [4.78, 5) is 11.3. The molecule has 1 fully saturated rings. The highest BCUT2D eigenvalue weighted by Gasteiger charge is 2.50. The van der Waals surface area contributed by atoms with Gasteiger partial charge in [-0.15, -0.1) is 0 Å². The Bertz CT molecular complexity index is 678. The molecule has 0 aliphatic carbocycles. The number of esters is 1. The van der Waals surface area contributed by atoms with Crippen LogP contribution in [0.5, 0.6) is 0 Å². The van der Waals surface area contributed by atoms with Crippen LogP contribution in [0.3, 0.4) is 0 Å². The first-order valence-corrected chi connectivity index (χ1v) is 11.0. The number of cyclic esters (lactones) is 1. The molecule has 1 aliphatic heterocycles. The van der Waals surface area contributed by atoms with Crippen LogP contribution in [-0.4, -0.2) is 40.1 Å². The van der Waals surface area contributed by atoms with Crippen LogP contribution in [0.4, 0.5) is 0 Å². The molecule has 0 spiro atoms. The lowest BCUT2D eigenvalue weighted by atomic mass is 10.2. The number of benzene rings is 2. The lowest BCUT2D eigenvalue weighted by Crippen LogP contribution is -2.67. The van der Waals surface area contributed by atoms with Crippen molar-refractivity contribution in [3.05, 3.63) is 60.7 Å². The molecule has 26 heavy (non-hydrogen) atoms. The van der Waals surface area contributed by atoms with Gasteiger partial charge in [-0.05, 0) is 15.4 Å². The number of morpholine rings is 1. The quantitative estimate of drug-likeness (QED) is 0.648. The summed E-state index contributed by atoms with van der Waals surface area (Å²) in [5.74, 6) is -0.202. The highest BCUT2D eigenvalue weighted by molar-refractivity contribution is 6.99. The Labute approximate surface area is 156 Å². The molecule has 0 radical (unpaired) electrons. The fourth-order valence-corrected chi connectivity index (χ4v) is 8.23. The molecule has 0 unspecified atom stereocenters. The molecule has 138 valence electrons. The molecular formula is C21H27NO3Si. The van der Waals surface area contributed by atoms with Crippen molar-refractivity contribution in [2.24, 2.45) is 0 Å². The molecule has 2 aromatic rings. The largest absolute Gasteiger partial charge is 0.463 e. The third kappa shape index (κ3) is 3.75. The van der Waals surface area contributed by atoms with Crippen LogP contribution in [-0.2, 0) is 14.0 Å². The average molecular weight is 370 g/mol. The summed E-state index contributed by atoms with van der Waals surface area (Å²) in [5, 5.41) is 5.68. The molecule has 1 heterocycles. The van der Waals surface area contributed by atoms with Crippen molar-refractivity contribution in [3.63, 3.8) is 0 Å². The van der Waals surface area contributed by atoms with Gasteiger partial charge >= 0.3 is 5.97 Å². The standard InChI is InChI=1S/C21H27NO3Si/c1-21(2,3)26(18-10-6-4-7-11-18,19-12-8-5-9-13-19)25-16-17-15-24-20(23)14-22-17/h4-13,17,22H,14-16H2,1-3H3/t17-/m0/s1. The molecule has 0 bridgehead atoms. The smallest absolute Gasteiger partial charge is 0.319 e. The first-order valence-electron chi connectivity index (χ1n) is 9.07. The normalized spacial score (nSPS) is 18.4. The van der Waals surface area contributed by atoms with E-state index in [-0.39, 0.29) is 23.6 Å². The Hall–Kier alpha value is -1.95. The van der Waals surface area contributed by atoms with Gasteiger partial charge in [-0.1, -0.05) is 81.4 Å². The lowest BCUT2D eigenvalue weighted by molar-refractivity contribution is -0.147. The minimum Gasteiger partial charge on any atom is -0.463 e. The Morgan fingerprint density at radius 1 is 1.04 bits per heavy atom. The van der Waals surface area contributed by atoms with E-state index in [0.717, 1.165) is 0 Å². The fraction of sp³-hybridized carbons (Fsp3) is 0.381. The maximum absolute atomic E-state index is 11.3. The molecule has 1 aliphatic rings. The monoisotopic (exact) mass is 369 g/mol. The van der Waals surface area contributed by atoms with Crippen LogP contribution in [0.1, 0.15) is 20.8 Å². The number of carbonyl (C=O) groups excluding carboxylic acids is 1. The van der Waals surface area contributed by atoms with Gasteiger partial charge in [-0.25, -0.2) is 0 Å². The molecule has 2 aromatic carbocycles. The first-order chi connectivity index (χ1) is 12.4. The summed E-state index contributed by atoms with van der Waals surface area (Å²) in [6, 6.07) is 21.1. The maximum atomic E-state index is 11.3. The van der Waals surface area contributed by atoms with E-state index in [2.05, 4.69) is 74.6 Å². The van der Waals surface area contributed by atoms with Crippen molar-refractivity contribution in [2.45, 2.75) is 31.9 Å². The summed E-state index contributed by atoms with van der Waals surface area (Å²) in [6.45, 7) is 7.89. The van der Waals surface area contributed by atoms with Gasteiger partial charge in [-0.3, -0.25) is 10.1 Å². The molecule has 1 N–H and O–H groups in total. The van der Waals surface area contributed by atoms with Gasteiger partial charge in [0.15, 0.2) is 0 Å². The molecule has 0 aromatic heterocycles. The number of hydrogen-bond donors (Lipinski definition) is 1. The highest BCUT2D eigenvalue weighted by atomic mass is 28.4. The minimum absolute atomic E-state index is 0.0225. The van der Waals surface area contributed by atoms with E-state index in [1.165, 1.54) is 10.4 Å². The minimum atomic E-state index is -2.53. The van der Waals surface area contributed by atoms with E-state index in [1.807, 2.05) is 12.1 Å². The molecule has 0 amide bonds. The molecule has 5 heteroatoms. The number of ether oxygens (including phenoxy) is 1. The lowest BCUT2D eigenvalue weighted by Gasteiger charge is -2.44. The summed E-state index contributed by atoms with van der Waals surface area (Å²) < 4.78 is 12.0. The Balaban J connectivity index is 1.99. The third-order valence-electron chi connectivity index (χ3n) is 4.90. The zero-order valence-corrected chi connectivity index (χ0v) is 16.7. The van der Waals surface area contributed by atoms with Gasteiger partial charge in [0.05, 0.1) is 19.2 Å². The van der Waals surface area contributed by atoms with Gasteiger partial charge in [0.1, 0.15) is 6.61 Å². The molecule has 1 atom stereocenters. The van der Waals surface area contributed by atoms with Gasteiger partial charge < -0.3 is 9.16 Å². The van der Waals surface area contributed by atoms with Crippen LogP contribution in [0.25, 0.3) is 0 Å². The van der Waals surface area contributed by atoms with E-state index in [4.69, 9.17) is 9.16 Å². The predicted molar refractivity (Wildman–Crippen MR) is 106 cm³/mol. The summed E-state index contributed by atoms with van der Waals surface area (Å²) in [5.41, 5.74) is 0. The second-order valence-electron chi connectivity index (χ2n) is 7.74. The van der Waals surface area contributed by atoms with E-state index in [1.54, 1.807) is 0 Å². The SMILES string of the molecule is CC(C)(C)[Si](OC[C@@H]1COC(=O)CN1)(c1ccccc1)c1ccccc1. The average Bonchev–Trinajstić information content (AvgIpc) is 2.64. The summed E-state index contributed by atoms with van der Waals surface area (Å²) in [6.07, 6.45) is 0. The second-order valence-corrected chi connectivity index (χ2v) is 12.0. The summed E-state index contributed by atoms with van der Waals surface area (Å²) in [7, 11) is -2.53. The molecule has 0 saturated carbocycles. The molecule has 3 rings (SSSR count). The van der Waals surface area contributed by atoms with Crippen LogP contribution in [0, 0.1) is 0 Å². The highest BCUT2D eigenvalue weighted by Crippen LogP contribution is 2.36. The van der Waals surface area contributed by atoms with E-state index < -0.39 is 8.32 Å². The number of hydrogen-bond acceptors (Lipinski definition) is 4. The topological polar surface area (TPSA) is 47.6 Å². The van der Waals surface area contributed by atoms with Crippen LogP contribution in [0.2, 0.25) is 5.04 Å². The van der Waals surface area contributed by atoms with Crippen molar-refractivity contribution in [1.82, 2.24) is 5.32 Å². The van der Waals surface area contributed by atoms with E-state index in [0.29, 0.717) is 13.2 Å². The Morgan fingerprint density at radius 2 is 1.58 bits per heavy atom. The molecule has 4 nitrogen and oxygen atoms in total. The van der Waals surface area contributed by atoms with Crippen molar-refractivity contribution in [2.75, 3.05) is 19.8 Å². The predicted octanol–water partition coefficient (Wildman–Crippen LogP) is 2.08. The van der Waals surface area contributed by atoms with Gasteiger partial charge in [0, 0.05) is 0 Å². The van der Waals surface area contributed by atoms with Crippen molar-refractivity contribution >= 4 is 24.7 Å². The fourth-order valence-electron chi connectivity index (χ4n) is 3.63. The van der Waals surface area contributed by atoms with Crippen LogP contribution >= 0.6 is 0 Å². The van der Waals surface area contributed by atoms with E-state index in [9.17, 15) is 4.79 Å². The molecular weight excluding hydrogens is 342 g/mol. The van der Waals surface area contributed by atoms with Crippen LogP contribution < -0.4 is 15.7 Å². The number of rotatable bonds is 5. The first kappa shape index (κ1) is 18.8. The zero-order chi connectivity index (χ0) is 18.6. The van der Waals surface area contributed by atoms with Gasteiger partial charge in [-0.2, -0.15) is 0 Å². The van der Waals surface area contributed by atoms with Crippen molar-refractivity contribution in [3.8, 4) is 0 Å². The number of nitrogens with one attached hydrogen (secondary N) is 1. The van der Waals surface area contributed by atoms with Crippen LogP contribution in [0.15, 0.2) is 60.7 Å². The molecule has 1 saturated heterocycles. The maximum Gasteiger partial charge on any atom is 0.319 e. The Morgan fingerprint density at radius 3 is 2.00 bits per heavy atom. The van der Waals surface area contributed by atoms with E-state index >= 15 is 0 Å². The second kappa shape index (κ2) is 7.74. The van der Waals surface area contributed by atoms with Gasteiger partial charge in [0.25, 0.3) is 8.32 Å². The van der Waals surface area contributed by atoms with Gasteiger partial charge in [0.2, 0.25) is 0 Å². The third-order valence-corrected chi connectivity index (χ3v) is 9.90. The Kier molecular flexibility index (Phi) is 5.60. The van der Waals surface area contributed by atoms with Crippen molar-refractivity contribution < 1.29 is 14.0 Å². The van der Waals surface area contributed by atoms with Crippen molar-refractivity contribution in [1.29, 1.82) is 0 Å². The summed E-state index contributed by atoms with van der Waals surface area (Å²) >= 11 is 0.